The number of piperidine rings is 2. The Morgan fingerprint density at radius 2 is 2.08 bits per heavy atom. The van der Waals surface area contributed by atoms with Crippen molar-refractivity contribution in [2.45, 2.75) is 50.7 Å². The van der Waals surface area contributed by atoms with Gasteiger partial charge in [-0.15, -0.1) is 5.06 Å². The Kier molecular flexibility index (Phi) is 4.96. The van der Waals surface area contributed by atoms with Crippen molar-refractivity contribution in [3.8, 4) is 11.6 Å². The van der Waals surface area contributed by atoms with E-state index in [4.69, 9.17) is 14.3 Å². The summed E-state index contributed by atoms with van der Waals surface area (Å²) < 4.78 is 12.6. The Bertz CT molecular complexity index is 587. The van der Waals surface area contributed by atoms with E-state index in [0.29, 0.717) is 5.88 Å². The standard InChI is InChI=1S/C18H26N4O3/c1-3-10-21-17(6-1)25-22-13-4-2-9-18(22,23-15-8-12-19-14-15)24-16-7-5-11-20-16/h5,7-8,11-12,14,17,19-21H,1-4,6,9-10,13H2. The topological polar surface area (TPSA) is 74.5 Å². The van der Waals surface area contributed by atoms with Crippen molar-refractivity contribution in [3.05, 3.63) is 36.8 Å². The maximum atomic E-state index is 6.31. The van der Waals surface area contributed by atoms with E-state index < -0.39 is 5.91 Å². The molecule has 2 fully saturated rings. The van der Waals surface area contributed by atoms with Crippen molar-refractivity contribution in [1.82, 2.24) is 20.3 Å². The number of hydrogen-bond donors (Lipinski definition) is 3. The molecule has 25 heavy (non-hydrogen) atoms. The number of hydroxylamine groups is 2. The monoisotopic (exact) mass is 346 g/mol. The summed E-state index contributed by atoms with van der Waals surface area (Å²) >= 11 is 0. The maximum absolute atomic E-state index is 6.31. The molecule has 0 radical (unpaired) electrons. The molecule has 2 atom stereocenters. The molecule has 0 amide bonds. The molecule has 2 aliphatic rings. The maximum Gasteiger partial charge on any atom is 0.339 e. The predicted octanol–water partition coefficient (Wildman–Crippen LogP) is 2.97. The van der Waals surface area contributed by atoms with Crippen LogP contribution in [0.5, 0.6) is 11.6 Å². The first kappa shape index (κ1) is 16.5. The first-order chi connectivity index (χ1) is 12.3. The van der Waals surface area contributed by atoms with Crippen LogP contribution in [0.1, 0.15) is 38.5 Å². The second-order valence-corrected chi connectivity index (χ2v) is 6.60. The van der Waals surface area contributed by atoms with Gasteiger partial charge in [-0.1, -0.05) is 0 Å². The molecule has 2 aromatic rings. The van der Waals surface area contributed by atoms with Crippen LogP contribution in [0, 0.1) is 0 Å². The van der Waals surface area contributed by atoms with Crippen molar-refractivity contribution in [3.63, 3.8) is 0 Å². The van der Waals surface area contributed by atoms with Gasteiger partial charge in [0.15, 0.2) is 5.88 Å². The van der Waals surface area contributed by atoms with Crippen LogP contribution >= 0.6 is 0 Å². The Balaban J connectivity index is 1.57. The van der Waals surface area contributed by atoms with Crippen molar-refractivity contribution in [2.24, 2.45) is 0 Å². The molecule has 2 unspecified atom stereocenters. The molecule has 0 spiro atoms. The van der Waals surface area contributed by atoms with Gasteiger partial charge in [0.1, 0.15) is 12.0 Å². The number of nitrogens with one attached hydrogen (secondary N) is 3. The zero-order chi connectivity index (χ0) is 17.0. The van der Waals surface area contributed by atoms with Gasteiger partial charge in [-0.05, 0) is 56.8 Å². The Morgan fingerprint density at radius 1 is 1.08 bits per heavy atom. The van der Waals surface area contributed by atoms with Gasteiger partial charge in [0.25, 0.3) is 0 Å². The molecule has 0 saturated carbocycles. The zero-order valence-corrected chi connectivity index (χ0v) is 14.4. The van der Waals surface area contributed by atoms with E-state index in [2.05, 4.69) is 15.3 Å². The van der Waals surface area contributed by atoms with Gasteiger partial charge in [0.2, 0.25) is 0 Å². The lowest BCUT2D eigenvalue weighted by atomic mass is 10.1. The molecular weight excluding hydrogens is 320 g/mol. The normalized spacial score (nSPS) is 27.9. The summed E-state index contributed by atoms with van der Waals surface area (Å²) in [6, 6.07) is 5.70. The van der Waals surface area contributed by atoms with Crippen molar-refractivity contribution < 1.29 is 14.3 Å². The lowest BCUT2D eigenvalue weighted by Gasteiger charge is -2.45. The highest BCUT2D eigenvalue weighted by Gasteiger charge is 2.47. The minimum Gasteiger partial charge on any atom is -0.436 e. The number of rotatable bonds is 6. The van der Waals surface area contributed by atoms with E-state index >= 15 is 0 Å². The molecule has 0 bridgehead atoms. The third-order valence-corrected chi connectivity index (χ3v) is 4.69. The average Bonchev–Trinajstić information content (AvgIpc) is 3.32. The summed E-state index contributed by atoms with van der Waals surface area (Å²) in [4.78, 5) is 12.4. The molecule has 2 aromatic heterocycles. The molecule has 0 aliphatic carbocycles. The van der Waals surface area contributed by atoms with Gasteiger partial charge < -0.3 is 19.4 Å². The highest BCUT2D eigenvalue weighted by Crippen LogP contribution is 2.34. The van der Waals surface area contributed by atoms with Gasteiger partial charge >= 0.3 is 5.91 Å². The molecule has 4 rings (SSSR count). The highest BCUT2D eigenvalue weighted by molar-refractivity contribution is 5.18. The van der Waals surface area contributed by atoms with E-state index in [1.54, 1.807) is 0 Å². The van der Waals surface area contributed by atoms with E-state index in [1.165, 1.54) is 12.8 Å². The van der Waals surface area contributed by atoms with E-state index in [0.717, 1.165) is 44.5 Å². The first-order valence-corrected chi connectivity index (χ1v) is 9.16. The zero-order valence-electron chi connectivity index (χ0n) is 14.4. The minimum atomic E-state index is -0.982. The summed E-state index contributed by atoms with van der Waals surface area (Å²) in [6.07, 6.45) is 11.7. The van der Waals surface area contributed by atoms with Gasteiger partial charge in [-0.25, -0.2) is 0 Å². The number of nitrogens with zero attached hydrogens (tertiary/aromatic N) is 1. The number of hydrogen-bond acceptors (Lipinski definition) is 5. The lowest BCUT2D eigenvalue weighted by Crippen LogP contribution is -2.61. The fourth-order valence-corrected chi connectivity index (χ4v) is 3.43. The Morgan fingerprint density at radius 3 is 2.84 bits per heavy atom. The third kappa shape index (κ3) is 3.84. The second-order valence-electron chi connectivity index (χ2n) is 6.60. The van der Waals surface area contributed by atoms with E-state index in [1.807, 2.05) is 41.9 Å². The van der Waals surface area contributed by atoms with Crippen LogP contribution < -0.4 is 14.8 Å². The average molecular weight is 346 g/mol. The molecule has 4 heterocycles. The van der Waals surface area contributed by atoms with E-state index in [-0.39, 0.29) is 6.23 Å². The van der Waals surface area contributed by atoms with Crippen LogP contribution in [0.3, 0.4) is 0 Å². The fraction of sp³-hybridized carbons (Fsp3) is 0.556. The van der Waals surface area contributed by atoms with Gasteiger partial charge in [-0.2, -0.15) is 0 Å². The third-order valence-electron chi connectivity index (χ3n) is 4.69. The summed E-state index contributed by atoms with van der Waals surface area (Å²) in [7, 11) is 0. The minimum absolute atomic E-state index is 0.00768. The van der Waals surface area contributed by atoms with Crippen molar-refractivity contribution >= 4 is 0 Å². The quantitative estimate of drug-likeness (QED) is 0.701. The van der Waals surface area contributed by atoms with Gasteiger partial charge in [-0.3, -0.25) is 10.2 Å². The SMILES string of the molecule is c1c[nH]c(OC2(Oc3cc[nH]c3)CCCCN2OC2CCCCN2)c1. The number of aromatic nitrogens is 2. The summed E-state index contributed by atoms with van der Waals surface area (Å²) in [5, 5.41) is 5.32. The van der Waals surface area contributed by atoms with Crippen LogP contribution in [0.2, 0.25) is 0 Å². The number of ether oxygens (including phenoxy) is 2. The predicted molar refractivity (Wildman–Crippen MR) is 92.9 cm³/mol. The molecule has 0 aromatic carbocycles. The molecule has 7 heteroatoms. The van der Waals surface area contributed by atoms with Gasteiger partial charge in [0, 0.05) is 31.6 Å². The van der Waals surface area contributed by atoms with Crippen LogP contribution in [0.4, 0.5) is 0 Å². The highest BCUT2D eigenvalue weighted by atomic mass is 16.8. The fourth-order valence-electron chi connectivity index (χ4n) is 3.43. The smallest absolute Gasteiger partial charge is 0.339 e. The Labute approximate surface area is 147 Å². The molecule has 7 nitrogen and oxygen atoms in total. The summed E-state index contributed by atoms with van der Waals surface area (Å²) in [6.45, 7) is 1.75. The lowest BCUT2D eigenvalue weighted by molar-refractivity contribution is -0.383. The molecule has 2 aliphatic heterocycles. The second kappa shape index (κ2) is 7.51. The van der Waals surface area contributed by atoms with Crippen molar-refractivity contribution in [2.75, 3.05) is 13.1 Å². The van der Waals surface area contributed by atoms with Crippen LogP contribution in [0.15, 0.2) is 36.8 Å². The Hall–Kier alpha value is -1.96. The van der Waals surface area contributed by atoms with Crippen LogP contribution in [-0.4, -0.2) is 40.3 Å². The number of H-pyrrole nitrogens is 2. The molecule has 2 saturated heterocycles. The van der Waals surface area contributed by atoms with Crippen LogP contribution in [-0.2, 0) is 4.84 Å². The molecule has 3 N–H and O–H groups in total. The van der Waals surface area contributed by atoms with Crippen molar-refractivity contribution in [1.29, 1.82) is 0 Å². The molecular formula is C18H26N4O3. The molecule has 136 valence electrons. The number of aromatic amines is 2. The van der Waals surface area contributed by atoms with Gasteiger partial charge in [0.05, 0.1) is 0 Å². The van der Waals surface area contributed by atoms with Crippen LogP contribution in [0.25, 0.3) is 0 Å². The van der Waals surface area contributed by atoms with E-state index in [9.17, 15) is 0 Å². The summed E-state index contributed by atoms with van der Waals surface area (Å²) in [5.74, 6) is 0.422. The largest absolute Gasteiger partial charge is 0.436 e. The first-order valence-electron chi connectivity index (χ1n) is 9.16. The summed E-state index contributed by atoms with van der Waals surface area (Å²) in [5.41, 5.74) is 0.